The first-order valence-electron chi connectivity index (χ1n) is 6.39. The predicted octanol–water partition coefficient (Wildman–Crippen LogP) is 0.942. The minimum Gasteiger partial charge on any atom is -0.467 e. The molecule has 0 saturated heterocycles. The fourth-order valence-corrected chi connectivity index (χ4v) is 1.62. The Kier molecular flexibility index (Phi) is 3.89. The largest absolute Gasteiger partial charge is 0.467 e. The summed E-state index contributed by atoms with van der Waals surface area (Å²) in [6, 6.07) is 3.11. The Hall–Kier alpha value is -2.15. The monoisotopic (exact) mass is 277 g/mol. The van der Waals surface area contributed by atoms with Gasteiger partial charge in [-0.1, -0.05) is 5.21 Å². The first kappa shape index (κ1) is 14.3. The van der Waals surface area contributed by atoms with Crippen molar-refractivity contribution in [3.05, 3.63) is 36.0 Å². The third-order valence-corrected chi connectivity index (χ3v) is 2.96. The Labute approximate surface area is 117 Å². The van der Waals surface area contributed by atoms with Crippen molar-refractivity contribution < 1.29 is 9.21 Å². The highest BCUT2D eigenvalue weighted by Crippen LogP contribution is 2.15. The topological polar surface area (TPSA) is 99.0 Å². The number of hydrogen-bond acceptors (Lipinski definition) is 5. The second kappa shape index (κ2) is 5.46. The molecule has 0 fully saturated rings. The number of carbonyl (C=O) groups is 1. The van der Waals surface area contributed by atoms with Crippen LogP contribution in [0.15, 0.2) is 29.0 Å². The summed E-state index contributed by atoms with van der Waals surface area (Å²) in [6.45, 7) is 5.77. The van der Waals surface area contributed by atoms with E-state index in [0.29, 0.717) is 18.0 Å². The SMILES string of the molecule is CC(C(=O)NCc1ccco1)n1cc(C(C)(C)N)nn1. The fourth-order valence-electron chi connectivity index (χ4n) is 1.62. The van der Waals surface area contributed by atoms with Crippen LogP contribution in [-0.4, -0.2) is 20.9 Å². The van der Waals surface area contributed by atoms with Gasteiger partial charge < -0.3 is 15.5 Å². The van der Waals surface area contributed by atoms with Crippen LogP contribution in [0, 0.1) is 0 Å². The molecule has 20 heavy (non-hydrogen) atoms. The van der Waals surface area contributed by atoms with Gasteiger partial charge in [0.1, 0.15) is 17.5 Å². The van der Waals surface area contributed by atoms with Gasteiger partial charge in [-0.05, 0) is 32.9 Å². The van der Waals surface area contributed by atoms with E-state index in [2.05, 4.69) is 15.6 Å². The van der Waals surface area contributed by atoms with Crippen molar-refractivity contribution in [1.82, 2.24) is 20.3 Å². The quantitative estimate of drug-likeness (QED) is 0.847. The lowest BCUT2D eigenvalue weighted by molar-refractivity contribution is -0.124. The van der Waals surface area contributed by atoms with Gasteiger partial charge in [0, 0.05) is 0 Å². The molecule has 108 valence electrons. The van der Waals surface area contributed by atoms with Gasteiger partial charge in [-0.15, -0.1) is 5.10 Å². The minimum atomic E-state index is -0.581. The van der Waals surface area contributed by atoms with E-state index < -0.39 is 11.6 Å². The average molecular weight is 277 g/mol. The standard InChI is InChI=1S/C13H19N5O2/c1-9(12(19)15-7-10-5-4-6-20-10)18-8-11(16-17-18)13(2,3)14/h4-6,8-9H,7,14H2,1-3H3,(H,15,19). The first-order chi connectivity index (χ1) is 9.38. The number of nitrogens with one attached hydrogen (secondary N) is 1. The van der Waals surface area contributed by atoms with Gasteiger partial charge in [-0.3, -0.25) is 4.79 Å². The molecule has 0 radical (unpaired) electrons. The maximum absolute atomic E-state index is 12.0. The number of amides is 1. The molecule has 3 N–H and O–H groups in total. The van der Waals surface area contributed by atoms with Crippen LogP contribution in [0.25, 0.3) is 0 Å². The zero-order chi connectivity index (χ0) is 14.8. The predicted molar refractivity (Wildman–Crippen MR) is 72.5 cm³/mol. The summed E-state index contributed by atoms with van der Waals surface area (Å²) < 4.78 is 6.65. The van der Waals surface area contributed by atoms with Crippen molar-refractivity contribution in [3.63, 3.8) is 0 Å². The lowest BCUT2D eigenvalue weighted by Crippen LogP contribution is -2.31. The molecule has 0 aliphatic heterocycles. The van der Waals surface area contributed by atoms with Gasteiger partial charge in [0.05, 0.1) is 24.5 Å². The maximum atomic E-state index is 12.0. The highest BCUT2D eigenvalue weighted by atomic mass is 16.3. The maximum Gasteiger partial charge on any atom is 0.245 e. The fraction of sp³-hybridized carbons (Fsp3) is 0.462. The Morgan fingerprint density at radius 2 is 2.35 bits per heavy atom. The molecule has 0 saturated carbocycles. The smallest absolute Gasteiger partial charge is 0.245 e. The molecular weight excluding hydrogens is 258 g/mol. The van der Waals surface area contributed by atoms with E-state index in [1.165, 1.54) is 4.68 Å². The summed E-state index contributed by atoms with van der Waals surface area (Å²) in [5, 5.41) is 10.7. The molecule has 0 aromatic carbocycles. The molecule has 0 spiro atoms. The molecule has 0 bridgehead atoms. The number of aromatic nitrogens is 3. The van der Waals surface area contributed by atoms with Crippen LogP contribution >= 0.6 is 0 Å². The van der Waals surface area contributed by atoms with Gasteiger partial charge >= 0.3 is 0 Å². The van der Waals surface area contributed by atoms with Crippen molar-refractivity contribution >= 4 is 5.91 Å². The molecule has 7 nitrogen and oxygen atoms in total. The highest BCUT2D eigenvalue weighted by molar-refractivity contribution is 5.79. The first-order valence-corrected chi connectivity index (χ1v) is 6.39. The van der Waals surface area contributed by atoms with E-state index in [9.17, 15) is 4.79 Å². The third-order valence-electron chi connectivity index (χ3n) is 2.96. The second-order valence-corrected chi connectivity index (χ2v) is 5.28. The van der Waals surface area contributed by atoms with E-state index in [0.717, 1.165) is 0 Å². The van der Waals surface area contributed by atoms with Gasteiger partial charge in [-0.25, -0.2) is 4.68 Å². The number of carbonyl (C=O) groups excluding carboxylic acids is 1. The van der Waals surface area contributed by atoms with Gasteiger partial charge in [0.2, 0.25) is 5.91 Å². The van der Waals surface area contributed by atoms with E-state index in [-0.39, 0.29) is 5.91 Å². The van der Waals surface area contributed by atoms with Crippen LogP contribution in [0.1, 0.15) is 38.3 Å². The van der Waals surface area contributed by atoms with Gasteiger partial charge in [0.25, 0.3) is 0 Å². The lowest BCUT2D eigenvalue weighted by Gasteiger charge is -2.14. The van der Waals surface area contributed by atoms with Crippen molar-refractivity contribution in [1.29, 1.82) is 0 Å². The van der Waals surface area contributed by atoms with Gasteiger partial charge in [-0.2, -0.15) is 0 Å². The molecule has 0 aliphatic rings. The summed E-state index contributed by atoms with van der Waals surface area (Å²) in [5.41, 5.74) is 6.00. The van der Waals surface area contributed by atoms with Crippen LogP contribution in [0.3, 0.4) is 0 Å². The number of nitrogens with zero attached hydrogens (tertiary/aromatic N) is 3. The van der Waals surface area contributed by atoms with Crippen LogP contribution in [0.4, 0.5) is 0 Å². The zero-order valence-corrected chi connectivity index (χ0v) is 11.8. The molecule has 1 atom stereocenters. The molecular formula is C13H19N5O2. The second-order valence-electron chi connectivity index (χ2n) is 5.28. The van der Waals surface area contributed by atoms with Crippen LogP contribution in [0.2, 0.25) is 0 Å². The average Bonchev–Trinajstić information content (AvgIpc) is 3.04. The number of nitrogens with two attached hydrogens (primary N) is 1. The zero-order valence-electron chi connectivity index (χ0n) is 11.8. The Bertz CT molecular complexity index is 568. The van der Waals surface area contributed by atoms with Crippen molar-refractivity contribution in [2.75, 3.05) is 0 Å². The Morgan fingerprint density at radius 3 is 2.90 bits per heavy atom. The van der Waals surface area contributed by atoms with Crippen molar-refractivity contribution in [3.8, 4) is 0 Å². The molecule has 2 rings (SSSR count). The lowest BCUT2D eigenvalue weighted by atomic mass is 10.0. The van der Waals surface area contributed by atoms with Crippen molar-refractivity contribution in [2.45, 2.75) is 38.9 Å². The number of hydrogen-bond donors (Lipinski definition) is 2. The summed E-state index contributed by atoms with van der Waals surface area (Å²) in [6.07, 6.45) is 3.26. The van der Waals surface area contributed by atoms with Crippen molar-refractivity contribution in [2.24, 2.45) is 5.73 Å². The van der Waals surface area contributed by atoms with E-state index in [1.807, 2.05) is 13.8 Å². The van der Waals surface area contributed by atoms with Crippen LogP contribution in [0.5, 0.6) is 0 Å². The summed E-state index contributed by atoms with van der Waals surface area (Å²) in [4.78, 5) is 12.0. The summed E-state index contributed by atoms with van der Waals surface area (Å²) >= 11 is 0. The Balaban J connectivity index is 1.98. The molecule has 1 unspecified atom stereocenters. The highest BCUT2D eigenvalue weighted by Gasteiger charge is 2.22. The molecule has 0 aliphatic carbocycles. The summed E-state index contributed by atoms with van der Waals surface area (Å²) in [7, 11) is 0. The number of rotatable bonds is 5. The van der Waals surface area contributed by atoms with Gasteiger partial charge in [0.15, 0.2) is 0 Å². The molecule has 2 heterocycles. The number of furan rings is 1. The van der Waals surface area contributed by atoms with E-state index in [4.69, 9.17) is 10.2 Å². The summed E-state index contributed by atoms with van der Waals surface area (Å²) in [5.74, 6) is 0.542. The minimum absolute atomic E-state index is 0.160. The molecule has 1 amide bonds. The molecule has 7 heteroatoms. The molecule has 2 aromatic heterocycles. The third kappa shape index (κ3) is 3.24. The normalized spacial score (nSPS) is 13.2. The van der Waals surface area contributed by atoms with Crippen LogP contribution in [-0.2, 0) is 16.9 Å². The van der Waals surface area contributed by atoms with E-state index in [1.54, 1.807) is 31.5 Å². The van der Waals surface area contributed by atoms with E-state index >= 15 is 0 Å². The molecule has 2 aromatic rings. The Morgan fingerprint density at radius 1 is 1.60 bits per heavy atom. The van der Waals surface area contributed by atoms with Crippen LogP contribution < -0.4 is 11.1 Å².